The first-order valence-electron chi connectivity index (χ1n) is 33.9. The van der Waals surface area contributed by atoms with Crippen molar-refractivity contribution in [1.82, 2.24) is 9.97 Å². The second kappa shape index (κ2) is 46.8. The van der Waals surface area contributed by atoms with Crippen molar-refractivity contribution in [2.24, 2.45) is 0 Å². The van der Waals surface area contributed by atoms with Crippen molar-refractivity contribution in [1.29, 1.82) is 0 Å². The first kappa shape index (κ1) is 79.9. The van der Waals surface area contributed by atoms with E-state index in [4.69, 9.17) is 4.42 Å². The molecule has 0 spiro atoms. The van der Waals surface area contributed by atoms with Crippen LogP contribution in [0.15, 0.2) is 277 Å². The number of nitrogens with zero attached hydrogens (tertiary/aromatic N) is 2. The van der Waals surface area contributed by atoms with Crippen LogP contribution in [0.3, 0.4) is 0 Å². The number of thiazole rings is 1. The third-order valence-electron chi connectivity index (χ3n) is 13.7. The van der Waals surface area contributed by atoms with Gasteiger partial charge < -0.3 is 4.42 Å². The first-order chi connectivity index (χ1) is 45.6. The molecule has 0 aliphatic heterocycles. The molecule has 0 atom stereocenters. The van der Waals surface area contributed by atoms with Crippen LogP contribution < -0.4 is 0 Å². The molecule has 15 aromatic rings. The van der Waals surface area contributed by atoms with Gasteiger partial charge in [-0.25, -0.2) is 9.97 Å². The Labute approximate surface area is 565 Å². The van der Waals surface area contributed by atoms with Gasteiger partial charge in [0, 0.05) is 6.92 Å². The molecule has 93 heavy (non-hydrogen) atoms. The van der Waals surface area contributed by atoms with Gasteiger partial charge in [0.05, 0.1) is 15.2 Å². The molecule has 0 radical (unpaired) electrons. The molecule has 0 saturated heterocycles. The molecule has 0 N–H and O–H groups in total. The zero-order chi connectivity index (χ0) is 68.9. The number of benzene rings is 13. The molecule has 0 unspecified atom stereocenters. The lowest BCUT2D eigenvalue weighted by Crippen LogP contribution is -1.81. The van der Waals surface area contributed by atoms with Gasteiger partial charge in [0.25, 0.3) is 0 Å². The van der Waals surface area contributed by atoms with E-state index in [9.17, 15) is 0 Å². The molecular formula is C89H108N2OS. The molecule has 3 nitrogen and oxygen atoms in total. The van der Waals surface area contributed by atoms with Crippen LogP contribution in [0.25, 0.3) is 86.0 Å². The van der Waals surface area contributed by atoms with Crippen molar-refractivity contribution in [2.75, 3.05) is 0 Å². The molecule has 4 heteroatoms. The summed E-state index contributed by atoms with van der Waals surface area (Å²) in [6.07, 6.45) is 0. The SMILES string of the molecule is CC.CC.CC.CC.CC.CC.CC.Cc1c2ccccc2cc2ccccc12.Cc1ccc2ccccc2c1.Cc1cccc2cc3ccccc3cc12.Cc1cccc2ccccc12.Cc1ccccc1.Cc1nc2ccccc2o1.Cc1nc2ccccc2s1. The van der Waals surface area contributed by atoms with Crippen LogP contribution in [-0.4, -0.2) is 9.97 Å². The average Bonchev–Trinajstić information content (AvgIpc) is 1.76. The van der Waals surface area contributed by atoms with Crippen LogP contribution in [-0.2, 0) is 0 Å². The highest BCUT2D eigenvalue weighted by molar-refractivity contribution is 7.18. The summed E-state index contributed by atoms with van der Waals surface area (Å²) in [7, 11) is 0. The number of rotatable bonds is 0. The molecule has 2 heterocycles. The zero-order valence-corrected chi connectivity index (χ0v) is 61.0. The van der Waals surface area contributed by atoms with Crippen LogP contribution in [0.5, 0.6) is 0 Å². The minimum atomic E-state index is 0.723. The highest BCUT2D eigenvalue weighted by atomic mass is 32.1. The number of aryl methyl sites for hydroxylation is 7. The lowest BCUT2D eigenvalue weighted by Gasteiger charge is -2.06. The molecule has 0 bridgehead atoms. The molecule has 0 fully saturated rings. The van der Waals surface area contributed by atoms with E-state index < -0.39 is 0 Å². The minimum Gasteiger partial charge on any atom is -0.441 e. The van der Waals surface area contributed by atoms with E-state index in [1.807, 2.05) is 171 Å². The summed E-state index contributed by atoms with van der Waals surface area (Å²) in [5.41, 5.74) is 9.63. The third-order valence-corrected chi connectivity index (χ3v) is 14.6. The van der Waals surface area contributed by atoms with Gasteiger partial charge in [0.2, 0.25) is 0 Å². The maximum absolute atomic E-state index is 5.26. The predicted octanol–water partition coefficient (Wildman–Crippen LogP) is 28.8. The van der Waals surface area contributed by atoms with Gasteiger partial charge in [0.15, 0.2) is 11.5 Å². The summed E-state index contributed by atoms with van der Waals surface area (Å²) in [6, 6.07) is 94.8. The molecule has 15 rings (SSSR count). The maximum atomic E-state index is 5.26. The largest absolute Gasteiger partial charge is 0.441 e. The fourth-order valence-electron chi connectivity index (χ4n) is 9.57. The molecule has 0 saturated carbocycles. The van der Waals surface area contributed by atoms with Crippen LogP contribution in [0, 0.1) is 48.5 Å². The van der Waals surface area contributed by atoms with E-state index in [-0.39, 0.29) is 0 Å². The van der Waals surface area contributed by atoms with Crippen molar-refractivity contribution in [3.8, 4) is 0 Å². The van der Waals surface area contributed by atoms with Gasteiger partial charge >= 0.3 is 0 Å². The van der Waals surface area contributed by atoms with E-state index in [2.05, 4.69) is 257 Å². The van der Waals surface area contributed by atoms with Crippen molar-refractivity contribution in [3.63, 3.8) is 0 Å². The smallest absolute Gasteiger partial charge is 0.192 e. The molecule has 2 aromatic heterocycles. The van der Waals surface area contributed by atoms with Crippen LogP contribution >= 0.6 is 11.3 Å². The number of hydrogen-bond donors (Lipinski definition) is 0. The number of hydrogen-bond acceptors (Lipinski definition) is 4. The lowest BCUT2D eigenvalue weighted by molar-refractivity contribution is 0.561. The Balaban J connectivity index is 0.000000361. The Kier molecular flexibility index (Phi) is 40.2. The standard InChI is InChI=1S/2C15H12.2C11H10.C8H7NO.C8H7NS.C7H8.7C2H6/c1-11-14-8-4-2-6-12(14)10-13-7-3-5-9-15(11)13;1-11-5-4-8-14-9-12-6-2-3-7-13(12)10-15(11)14;1-9-5-4-7-10-6-2-3-8-11(9)10;1-9-6-7-10-4-2-3-5-11(10)8-9;2*1-6-9-7-4-2-3-5-8(7)10-6;1-7-5-3-2-4-6-7;7*1-2/h2*2-10H,1H3;2*2-8H,1H3;2*2-5H,1H3;2-6H,1H3;7*1-2H3. The quantitative estimate of drug-likeness (QED) is 0.142. The molecule has 0 aliphatic rings. The van der Waals surface area contributed by atoms with Gasteiger partial charge in [-0.3, -0.25) is 0 Å². The molecule has 13 aromatic carbocycles. The van der Waals surface area contributed by atoms with E-state index in [1.165, 1.54) is 97.2 Å². The fourth-order valence-corrected chi connectivity index (χ4v) is 10.4. The number of aromatic nitrogens is 2. The number of fused-ring (bicyclic) bond motifs is 8. The lowest BCUT2D eigenvalue weighted by atomic mass is 9.98. The van der Waals surface area contributed by atoms with Gasteiger partial charge in [-0.15, -0.1) is 11.3 Å². The summed E-state index contributed by atoms with van der Waals surface area (Å²) in [6.45, 7) is 42.6. The van der Waals surface area contributed by atoms with Gasteiger partial charge in [-0.05, 0) is 165 Å². The summed E-state index contributed by atoms with van der Waals surface area (Å²) < 4.78 is 6.53. The predicted molar refractivity (Wildman–Crippen MR) is 423 cm³/mol. The Morgan fingerprint density at radius 1 is 0.258 bits per heavy atom. The second-order valence-corrected chi connectivity index (χ2v) is 20.9. The van der Waals surface area contributed by atoms with Crippen molar-refractivity contribution in [2.45, 2.75) is 145 Å². The molecule has 486 valence electrons. The monoisotopic (exact) mass is 1250 g/mol. The average molecular weight is 1250 g/mol. The molecular weight excluding hydrogens is 1150 g/mol. The minimum absolute atomic E-state index is 0.723. The van der Waals surface area contributed by atoms with Gasteiger partial charge in [-0.2, -0.15) is 0 Å². The summed E-state index contributed by atoms with van der Waals surface area (Å²) >= 11 is 1.74. The van der Waals surface area contributed by atoms with E-state index in [1.54, 1.807) is 11.3 Å². The fraction of sp³-hybridized carbons (Fsp3) is 0.236. The Morgan fingerprint density at radius 3 is 1.16 bits per heavy atom. The number of oxazole rings is 1. The van der Waals surface area contributed by atoms with Crippen LogP contribution in [0.1, 0.15) is 136 Å². The highest BCUT2D eigenvalue weighted by Gasteiger charge is 2.03. The zero-order valence-electron chi connectivity index (χ0n) is 60.2. The van der Waals surface area contributed by atoms with Crippen LogP contribution in [0.4, 0.5) is 0 Å². The van der Waals surface area contributed by atoms with Crippen molar-refractivity contribution >= 4 is 97.3 Å². The summed E-state index contributed by atoms with van der Waals surface area (Å²) in [5, 5.41) is 17.2. The van der Waals surface area contributed by atoms with Crippen molar-refractivity contribution in [3.05, 3.63) is 312 Å². The van der Waals surface area contributed by atoms with Crippen LogP contribution in [0.2, 0.25) is 0 Å². The Hall–Kier alpha value is -9.22. The highest BCUT2D eigenvalue weighted by Crippen LogP contribution is 2.28. The number of para-hydroxylation sites is 3. The van der Waals surface area contributed by atoms with Crippen molar-refractivity contribution < 1.29 is 4.42 Å². The van der Waals surface area contributed by atoms with E-state index in [0.717, 1.165) is 27.5 Å². The van der Waals surface area contributed by atoms with Gasteiger partial charge in [0.1, 0.15) is 5.52 Å². The summed E-state index contributed by atoms with van der Waals surface area (Å²) in [5.74, 6) is 0.723. The topological polar surface area (TPSA) is 38.9 Å². The maximum Gasteiger partial charge on any atom is 0.192 e. The summed E-state index contributed by atoms with van der Waals surface area (Å²) in [4.78, 5) is 8.48. The third kappa shape index (κ3) is 25.8. The molecule has 0 amide bonds. The van der Waals surface area contributed by atoms with E-state index in [0.29, 0.717) is 0 Å². The first-order valence-corrected chi connectivity index (χ1v) is 34.7. The Morgan fingerprint density at radius 2 is 0.645 bits per heavy atom. The normalized spacial score (nSPS) is 9.34. The van der Waals surface area contributed by atoms with E-state index >= 15 is 0 Å². The van der Waals surface area contributed by atoms with Gasteiger partial charge in [-0.1, -0.05) is 339 Å². The Bertz CT molecular complexity index is 4190. The second-order valence-electron chi connectivity index (χ2n) is 19.6. The molecule has 0 aliphatic carbocycles.